The third-order valence-corrected chi connectivity index (χ3v) is 4.28. The standard InChI is InChI=1S/C12H15ClN4O2S/c13-11-4-1-2-5-12(11)16-20(18,19)10-8-15-17(9-10)7-3-6-14/h1-2,4-5,8-9,16H,3,6-7,14H2. The summed E-state index contributed by atoms with van der Waals surface area (Å²) in [5.41, 5.74) is 5.74. The lowest BCUT2D eigenvalue weighted by atomic mass is 10.3. The number of benzene rings is 1. The minimum Gasteiger partial charge on any atom is -0.330 e. The average molecular weight is 315 g/mol. The summed E-state index contributed by atoms with van der Waals surface area (Å²) in [5.74, 6) is 0. The SMILES string of the molecule is NCCCn1cc(S(=O)(=O)Nc2ccccc2Cl)cn1. The van der Waals surface area contributed by atoms with Crippen molar-refractivity contribution in [3.8, 4) is 0 Å². The van der Waals surface area contributed by atoms with Gasteiger partial charge in [-0.05, 0) is 25.1 Å². The molecular formula is C12H15ClN4O2S. The summed E-state index contributed by atoms with van der Waals surface area (Å²) < 4.78 is 28.4. The molecule has 8 heteroatoms. The van der Waals surface area contributed by atoms with Gasteiger partial charge in [0.05, 0.1) is 16.9 Å². The highest BCUT2D eigenvalue weighted by Gasteiger charge is 2.17. The van der Waals surface area contributed by atoms with Gasteiger partial charge >= 0.3 is 0 Å². The van der Waals surface area contributed by atoms with Gasteiger partial charge in [0.25, 0.3) is 10.0 Å². The van der Waals surface area contributed by atoms with Gasteiger partial charge in [-0.25, -0.2) is 8.42 Å². The molecule has 2 aromatic rings. The third kappa shape index (κ3) is 3.50. The molecule has 0 spiro atoms. The first-order valence-electron chi connectivity index (χ1n) is 6.03. The van der Waals surface area contributed by atoms with Crippen LogP contribution < -0.4 is 10.5 Å². The van der Waals surface area contributed by atoms with Crippen LogP contribution in [0.5, 0.6) is 0 Å². The molecule has 6 nitrogen and oxygen atoms in total. The number of sulfonamides is 1. The maximum atomic E-state index is 12.2. The number of nitrogens with two attached hydrogens (primary N) is 1. The molecule has 108 valence electrons. The molecule has 1 heterocycles. The first kappa shape index (κ1) is 14.8. The van der Waals surface area contributed by atoms with Gasteiger partial charge in [0.1, 0.15) is 4.90 Å². The van der Waals surface area contributed by atoms with E-state index in [0.717, 1.165) is 6.42 Å². The van der Waals surface area contributed by atoms with E-state index in [-0.39, 0.29) is 4.90 Å². The van der Waals surface area contributed by atoms with E-state index in [1.54, 1.807) is 28.9 Å². The number of nitrogens with one attached hydrogen (secondary N) is 1. The van der Waals surface area contributed by atoms with Crippen LogP contribution in [-0.2, 0) is 16.6 Å². The first-order chi connectivity index (χ1) is 9.53. The fourth-order valence-electron chi connectivity index (χ4n) is 1.61. The molecule has 2 rings (SSSR count). The van der Waals surface area contributed by atoms with Gasteiger partial charge in [-0.15, -0.1) is 0 Å². The van der Waals surface area contributed by atoms with Crippen LogP contribution in [0.1, 0.15) is 6.42 Å². The lowest BCUT2D eigenvalue weighted by Crippen LogP contribution is -2.12. The number of halogens is 1. The van der Waals surface area contributed by atoms with E-state index in [1.165, 1.54) is 12.4 Å². The Morgan fingerprint density at radius 1 is 1.35 bits per heavy atom. The molecule has 0 saturated carbocycles. The van der Waals surface area contributed by atoms with E-state index in [2.05, 4.69) is 9.82 Å². The Morgan fingerprint density at radius 3 is 2.80 bits per heavy atom. The number of anilines is 1. The minimum absolute atomic E-state index is 0.0921. The number of para-hydroxylation sites is 1. The molecular weight excluding hydrogens is 300 g/mol. The van der Waals surface area contributed by atoms with Crippen molar-refractivity contribution < 1.29 is 8.42 Å². The number of rotatable bonds is 6. The molecule has 0 aliphatic rings. The van der Waals surface area contributed by atoms with Crippen molar-refractivity contribution in [1.29, 1.82) is 0 Å². The zero-order chi connectivity index (χ0) is 14.6. The normalized spacial score (nSPS) is 11.5. The Kier molecular flexibility index (Phi) is 4.64. The first-order valence-corrected chi connectivity index (χ1v) is 7.89. The monoisotopic (exact) mass is 314 g/mol. The highest BCUT2D eigenvalue weighted by atomic mass is 35.5. The van der Waals surface area contributed by atoms with Gasteiger partial charge in [-0.2, -0.15) is 5.10 Å². The summed E-state index contributed by atoms with van der Waals surface area (Å²) in [6, 6.07) is 6.64. The van der Waals surface area contributed by atoms with Gasteiger partial charge in [0.15, 0.2) is 0 Å². The van der Waals surface area contributed by atoms with Crippen LogP contribution in [0.15, 0.2) is 41.6 Å². The topological polar surface area (TPSA) is 90.0 Å². The van der Waals surface area contributed by atoms with Gasteiger partial charge in [0, 0.05) is 12.7 Å². The summed E-state index contributed by atoms with van der Waals surface area (Å²) in [4.78, 5) is 0.0921. The van der Waals surface area contributed by atoms with Crippen LogP contribution in [0.4, 0.5) is 5.69 Å². The predicted molar refractivity (Wildman–Crippen MR) is 78.2 cm³/mol. The highest BCUT2D eigenvalue weighted by Crippen LogP contribution is 2.23. The van der Waals surface area contributed by atoms with E-state index in [1.807, 2.05) is 0 Å². The van der Waals surface area contributed by atoms with E-state index >= 15 is 0 Å². The quantitative estimate of drug-likeness (QED) is 0.849. The van der Waals surface area contributed by atoms with Crippen molar-refractivity contribution in [3.05, 3.63) is 41.7 Å². The van der Waals surface area contributed by atoms with Crippen molar-refractivity contribution in [2.24, 2.45) is 5.73 Å². The van der Waals surface area contributed by atoms with Crippen LogP contribution in [-0.4, -0.2) is 24.7 Å². The van der Waals surface area contributed by atoms with Crippen molar-refractivity contribution in [3.63, 3.8) is 0 Å². The summed E-state index contributed by atoms with van der Waals surface area (Å²) in [6.45, 7) is 1.11. The molecule has 0 atom stereocenters. The Labute approximate surface area is 122 Å². The molecule has 3 N–H and O–H groups in total. The van der Waals surface area contributed by atoms with Gasteiger partial charge in [0.2, 0.25) is 0 Å². The molecule has 20 heavy (non-hydrogen) atoms. The molecule has 0 radical (unpaired) electrons. The van der Waals surface area contributed by atoms with Crippen LogP contribution in [0.25, 0.3) is 0 Å². The number of nitrogens with zero attached hydrogens (tertiary/aromatic N) is 2. The Morgan fingerprint density at radius 2 is 2.10 bits per heavy atom. The van der Waals surface area contributed by atoms with Crippen LogP contribution in [0.2, 0.25) is 5.02 Å². The Balaban J connectivity index is 2.18. The minimum atomic E-state index is -3.69. The fraction of sp³-hybridized carbons (Fsp3) is 0.250. The Hall–Kier alpha value is -1.57. The van der Waals surface area contributed by atoms with Crippen molar-refractivity contribution in [2.75, 3.05) is 11.3 Å². The average Bonchev–Trinajstić information content (AvgIpc) is 2.88. The number of aromatic nitrogens is 2. The van der Waals surface area contributed by atoms with Crippen molar-refractivity contribution >= 4 is 27.3 Å². The van der Waals surface area contributed by atoms with Gasteiger partial charge in [-0.1, -0.05) is 23.7 Å². The Bertz CT molecular complexity index is 684. The lowest BCUT2D eigenvalue weighted by molar-refractivity contribution is 0.582. The number of aryl methyl sites for hydroxylation is 1. The number of hydrogen-bond donors (Lipinski definition) is 2. The zero-order valence-electron chi connectivity index (χ0n) is 10.7. The summed E-state index contributed by atoms with van der Waals surface area (Å²) >= 11 is 5.93. The lowest BCUT2D eigenvalue weighted by Gasteiger charge is -2.07. The maximum Gasteiger partial charge on any atom is 0.265 e. The van der Waals surface area contributed by atoms with Gasteiger partial charge < -0.3 is 5.73 Å². The highest BCUT2D eigenvalue weighted by molar-refractivity contribution is 7.92. The van der Waals surface area contributed by atoms with E-state index < -0.39 is 10.0 Å². The van der Waals surface area contributed by atoms with E-state index in [0.29, 0.717) is 23.8 Å². The second-order valence-electron chi connectivity index (χ2n) is 4.17. The fourth-order valence-corrected chi connectivity index (χ4v) is 2.88. The van der Waals surface area contributed by atoms with Crippen molar-refractivity contribution in [1.82, 2.24) is 9.78 Å². The molecule has 1 aromatic heterocycles. The molecule has 0 aliphatic carbocycles. The summed E-state index contributed by atoms with van der Waals surface area (Å²) in [7, 11) is -3.69. The zero-order valence-corrected chi connectivity index (χ0v) is 12.2. The largest absolute Gasteiger partial charge is 0.330 e. The van der Waals surface area contributed by atoms with Crippen LogP contribution in [0, 0.1) is 0 Å². The third-order valence-electron chi connectivity index (χ3n) is 2.63. The summed E-state index contributed by atoms with van der Waals surface area (Å²) in [5, 5.41) is 4.33. The molecule has 0 bridgehead atoms. The molecule has 0 amide bonds. The van der Waals surface area contributed by atoms with Crippen LogP contribution >= 0.6 is 11.6 Å². The van der Waals surface area contributed by atoms with E-state index in [4.69, 9.17) is 17.3 Å². The molecule has 0 saturated heterocycles. The van der Waals surface area contributed by atoms with Crippen LogP contribution in [0.3, 0.4) is 0 Å². The second-order valence-corrected chi connectivity index (χ2v) is 6.26. The molecule has 0 unspecified atom stereocenters. The smallest absolute Gasteiger partial charge is 0.265 e. The van der Waals surface area contributed by atoms with E-state index in [9.17, 15) is 8.42 Å². The molecule has 0 aliphatic heterocycles. The summed E-state index contributed by atoms with van der Waals surface area (Å²) in [6.07, 6.45) is 3.50. The molecule has 1 aromatic carbocycles. The molecule has 0 fully saturated rings. The van der Waals surface area contributed by atoms with Gasteiger partial charge in [-0.3, -0.25) is 9.40 Å². The number of hydrogen-bond acceptors (Lipinski definition) is 4. The maximum absolute atomic E-state index is 12.2. The van der Waals surface area contributed by atoms with Crippen molar-refractivity contribution in [2.45, 2.75) is 17.9 Å². The predicted octanol–water partition coefficient (Wildman–Crippen LogP) is 1.69. The second kappa shape index (κ2) is 6.25.